The molecule has 0 radical (unpaired) electrons. The van der Waals surface area contributed by atoms with Gasteiger partial charge in [-0.05, 0) is 31.7 Å². The fraction of sp³-hybridized carbons (Fsp3) is 0.929. The van der Waals surface area contributed by atoms with Gasteiger partial charge in [0, 0.05) is 32.2 Å². The second-order valence-electron chi connectivity index (χ2n) is 6.45. The number of morpholine rings is 1. The molecule has 3 fully saturated rings. The molecule has 20 heavy (non-hydrogen) atoms. The number of ether oxygens (including phenoxy) is 1. The van der Waals surface area contributed by atoms with Crippen molar-refractivity contribution in [1.82, 2.24) is 9.80 Å². The number of carboxylic acids is 1. The van der Waals surface area contributed by atoms with Gasteiger partial charge in [-0.25, -0.2) is 0 Å². The van der Waals surface area contributed by atoms with Crippen molar-refractivity contribution < 1.29 is 14.6 Å². The monoisotopic (exact) mass is 283 g/mol. The van der Waals surface area contributed by atoms with E-state index in [0.717, 1.165) is 58.7 Å². The van der Waals surface area contributed by atoms with Gasteiger partial charge in [0.05, 0.1) is 13.2 Å². The van der Waals surface area contributed by atoms with Crippen molar-refractivity contribution in [2.45, 2.75) is 30.8 Å². The summed E-state index contributed by atoms with van der Waals surface area (Å²) < 4.78 is 5.38. The highest BCUT2D eigenvalue weighted by molar-refractivity contribution is 5.79. The van der Waals surface area contributed by atoms with E-state index in [1.165, 1.54) is 0 Å². The van der Waals surface area contributed by atoms with Gasteiger partial charge < -0.3 is 15.6 Å². The maximum atomic E-state index is 11.5. The minimum atomic E-state index is -1.04. The number of nitrogens with zero attached hydrogens (tertiary/aromatic N) is 2. The lowest BCUT2D eigenvalue weighted by Crippen LogP contribution is -2.58. The highest BCUT2D eigenvalue weighted by Gasteiger charge is 2.49. The first-order valence-electron chi connectivity index (χ1n) is 7.66. The standard InChI is InChI=1S/C14H25N3O3/c15-14(13(18)19,11-1-2-11)10-16-4-3-12(9-16)17-5-7-20-8-6-17/h11-12H,1-10,15H2,(H,18,19). The maximum Gasteiger partial charge on any atom is 0.325 e. The molecular formula is C14H25N3O3. The summed E-state index contributed by atoms with van der Waals surface area (Å²) >= 11 is 0. The van der Waals surface area contributed by atoms with Crippen LogP contribution in [0.1, 0.15) is 19.3 Å². The molecule has 3 aliphatic rings. The van der Waals surface area contributed by atoms with Gasteiger partial charge in [-0.3, -0.25) is 14.6 Å². The molecule has 1 aliphatic carbocycles. The molecule has 0 spiro atoms. The Hall–Kier alpha value is -0.690. The van der Waals surface area contributed by atoms with Crippen molar-refractivity contribution in [3.63, 3.8) is 0 Å². The Morgan fingerprint density at radius 1 is 1.25 bits per heavy atom. The molecule has 2 aliphatic heterocycles. The number of carboxylic acid groups (broad SMARTS) is 1. The second kappa shape index (κ2) is 5.60. The number of aliphatic carboxylic acids is 1. The van der Waals surface area contributed by atoms with Crippen LogP contribution in [-0.2, 0) is 9.53 Å². The van der Waals surface area contributed by atoms with Crippen LogP contribution in [0, 0.1) is 5.92 Å². The van der Waals surface area contributed by atoms with Crippen molar-refractivity contribution in [1.29, 1.82) is 0 Å². The lowest BCUT2D eigenvalue weighted by Gasteiger charge is -2.33. The van der Waals surface area contributed by atoms with Gasteiger partial charge in [0.25, 0.3) is 0 Å². The molecule has 6 nitrogen and oxygen atoms in total. The van der Waals surface area contributed by atoms with Crippen molar-refractivity contribution in [2.75, 3.05) is 45.9 Å². The smallest absolute Gasteiger partial charge is 0.325 e. The molecule has 3 rings (SSSR count). The van der Waals surface area contributed by atoms with Crippen LogP contribution in [0.4, 0.5) is 0 Å². The van der Waals surface area contributed by atoms with E-state index in [0.29, 0.717) is 12.6 Å². The molecular weight excluding hydrogens is 258 g/mol. The summed E-state index contributed by atoms with van der Waals surface area (Å²) in [5, 5.41) is 9.44. The highest BCUT2D eigenvalue weighted by atomic mass is 16.5. The number of likely N-dealkylation sites (tertiary alicyclic amines) is 1. The van der Waals surface area contributed by atoms with Crippen LogP contribution in [0.3, 0.4) is 0 Å². The van der Waals surface area contributed by atoms with E-state index in [4.69, 9.17) is 10.5 Å². The second-order valence-corrected chi connectivity index (χ2v) is 6.45. The zero-order chi connectivity index (χ0) is 14.2. The van der Waals surface area contributed by atoms with E-state index >= 15 is 0 Å². The number of carbonyl (C=O) groups is 1. The molecule has 3 N–H and O–H groups in total. The van der Waals surface area contributed by atoms with Crippen LogP contribution in [0.15, 0.2) is 0 Å². The number of hydrogen-bond donors (Lipinski definition) is 2. The largest absolute Gasteiger partial charge is 0.480 e. The molecule has 2 heterocycles. The topological polar surface area (TPSA) is 79.0 Å². The first-order chi connectivity index (χ1) is 9.59. The fourth-order valence-electron chi connectivity index (χ4n) is 3.54. The highest BCUT2D eigenvalue weighted by Crippen LogP contribution is 2.39. The van der Waals surface area contributed by atoms with Gasteiger partial charge in [-0.15, -0.1) is 0 Å². The van der Waals surface area contributed by atoms with Gasteiger partial charge >= 0.3 is 5.97 Å². The molecule has 2 unspecified atom stereocenters. The third-order valence-electron chi connectivity index (χ3n) is 5.00. The molecule has 0 aromatic rings. The van der Waals surface area contributed by atoms with E-state index in [-0.39, 0.29) is 5.92 Å². The van der Waals surface area contributed by atoms with Gasteiger partial charge in [0.1, 0.15) is 5.54 Å². The maximum absolute atomic E-state index is 11.5. The van der Waals surface area contributed by atoms with E-state index in [1.54, 1.807) is 0 Å². The third kappa shape index (κ3) is 2.83. The zero-order valence-corrected chi connectivity index (χ0v) is 12.0. The van der Waals surface area contributed by atoms with Gasteiger partial charge in [-0.2, -0.15) is 0 Å². The lowest BCUT2D eigenvalue weighted by atomic mass is 9.94. The lowest BCUT2D eigenvalue weighted by molar-refractivity contribution is -0.145. The van der Waals surface area contributed by atoms with Gasteiger partial charge in [0.2, 0.25) is 0 Å². The summed E-state index contributed by atoms with van der Waals surface area (Å²) in [6.45, 7) is 6.01. The predicted molar refractivity (Wildman–Crippen MR) is 74.5 cm³/mol. The van der Waals surface area contributed by atoms with Crippen LogP contribution in [0.25, 0.3) is 0 Å². The summed E-state index contributed by atoms with van der Waals surface area (Å²) in [5.41, 5.74) is 5.13. The molecule has 0 amide bonds. The van der Waals surface area contributed by atoms with Crippen molar-refractivity contribution >= 4 is 5.97 Å². The minimum Gasteiger partial charge on any atom is -0.480 e. The van der Waals surface area contributed by atoms with Gasteiger partial charge in [0.15, 0.2) is 0 Å². The fourth-order valence-corrected chi connectivity index (χ4v) is 3.54. The van der Waals surface area contributed by atoms with Crippen LogP contribution in [-0.4, -0.2) is 78.4 Å². The Kier molecular flexibility index (Phi) is 3.99. The molecule has 0 aromatic carbocycles. The first kappa shape index (κ1) is 14.3. The summed E-state index contributed by atoms with van der Waals surface area (Å²) in [6, 6.07) is 0.538. The zero-order valence-electron chi connectivity index (χ0n) is 12.0. The van der Waals surface area contributed by atoms with Crippen LogP contribution in [0.2, 0.25) is 0 Å². The summed E-state index contributed by atoms with van der Waals surface area (Å²) in [6.07, 6.45) is 3.04. The number of rotatable bonds is 5. The molecule has 2 atom stereocenters. The Morgan fingerprint density at radius 2 is 1.95 bits per heavy atom. The van der Waals surface area contributed by atoms with E-state index in [9.17, 15) is 9.90 Å². The molecule has 0 aromatic heterocycles. The molecule has 6 heteroatoms. The quantitative estimate of drug-likeness (QED) is 0.714. The van der Waals surface area contributed by atoms with E-state index in [2.05, 4.69) is 9.80 Å². The molecule has 114 valence electrons. The molecule has 1 saturated carbocycles. The van der Waals surface area contributed by atoms with E-state index < -0.39 is 11.5 Å². The van der Waals surface area contributed by atoms with Crippen LogP contribution in [0.5, 0.6) is 0 Å². The van der Waals surface area contributed by atoms with Crippen LogP contribution >= 0.6 is 0 Å². The number of nitrogens with two attached hydrogens (primary N) is 1. The van der Waals surface area contributed by atoms with Crippen molar-refractivity contribution in [3.8, 4) is 0 Å². The Labute approximate surface area is 119 Å². The number of hydrogen-bond acceptors (Lipinski definition) is 5. The summed E-state index contributed by atoms with van der Waals surface area (Å²) in [7, 11) is 0. The first-order valence-corrected chi connectivity index (χ1v) is 7.66. The Bertz CT molecular complexity index is 369. The van der Waals surface area contributed by atoms with Crippen molar-refractivity contribution in [3.05, 3.63) is 0 Å². The predicted octanol–water partition coefficient (Wildman–Crippen LogP) is -0.415. The molecule has 2 saturated heterocycles. The molecule has 0 bridgehead atoms. The Morgan fingerprint density at radius 3 is 2.55 bits per heavy atom. The van der Waals surface area contributed by atoms with Crippen LogP contribution < -0.4 is 5.73 Å². The third-order valence-corrected chi connectivity index (χ3v) is 5.00. The minimum absolute atomic E-state index is 0.169. The SMILES string of the molecule is NC(CN1CCC(N2CCOCC2)C1)(C(=O)O)C1CC1. The van der Waals surface area contributed by atoms with Crippen molar-refractivity contribution in [2.24, 2.45) is 11.7 Å². The van der Waals surface area contributed by atoms with E-state index in [1.807, 2.05) is 0 Å². The Balaban J connectivity index is 1.55. The summed E-state index contributed by atoms with van der Waals surface area (Å²) in [5.74, 6) is -0.669. The summed E-state index contributed by atoms with van der Waals surface area (Å²) in [4.78, 5) is 16.2. The van der Waals surface area contributed by atoms with Gasteiger partial charge in [-0.1, -0.05) is 0 Å². The average molecular weight is 283 g/mol. The average Bonchev–Trinajstić information content (AvgIpc) is 3.21. The normalized spacial score (nSPS) is 32.1.